The van der Waals surface area contributed by atoms with Crippen LogP contribution in [0.2, 0.25) is 0 Å². The standard InChI is InChI=1S/C12H18N2O3/c1-4-14(9(2)3)12(17)10-6-5-7-13(10)8-11(15)16/h5-7,9H,4,8H2,1-3H3,(H,15,16). The number of aliphatic carboxylic acids is 1. The number of carboxylic acid groups (broad SMARTS) is 1. The van der Waals surface area contributed by atoms with Crippen molar-refractivity contribution in [3.63, 3.8) is 0 Å². The van der Waals surface area contributed by atoms with Crippen LogP contribution in [0, 0.1) is 0 Å². The van der Waals surface area contributed by atoms with Crippen molar-refractivity contribution < 1.29 is 14.7 Å². The maximum Gasteiger partial charge on any atom is 0.323 e. The summed E-state index contributed by atoms with van der Waals surface area (Å²) in [4.78, 5) is 24.6. The first-order valence-electron chi connectivity index (χ1n) is 5.65. The Hall–Kier alpha value is -1.78. The van der Waals surface area contributed by atoms with Crippen molar-refractivity contribution in [3.8, 4) is 0 Å². The third kappa shape index (κ3) is 3.09. The number of nitrogens with zero attached hydrogens (tertiary/aromatic N) is 2. The summed E-state index contributed by atoms with van der Waals surface area (Å²) in [5, 5.41) is 8.75. The lowest BCUT2D eigenvalue weighted by Crippen LogP contribution is -2.38. The first kappa shape index (κ1) is 13.3. The summed E-state index contributed by atoms with van der Waals surface area (Å²) >= 11 is 0. The zero-order valence-corrected chi connectivity index (χ0v) is 10.4. The number of aromatic nitrogens is 1. The monoisotopic (exact) mass is 238 g/mol. The summed E-state index contributed by atoms with van der Waals surface area (Å²) in [6.07, 6.45) is 1.61. The molecule has 1 rings (SSSR count). The molecule has 0 radical (unpaired) electrons. The third-order valence-electron chi connectivity index (χ3n) is 2.58. The molecular formula is C12H18N2O3. The molecule has 94 valence electrons. The Balaban J connectivity index is 2.95. The molecule has 0 aromatic carbocycles. The Morgan fingerprint density at radius 1 is 1.47 bits per heavy atom. The van der Waals surface area contributed by atoms with E-state index in [0.29, 0.717) is 12.2 Å². The number of rotatable bonds is 5. The van der Waals surface area contributed by atoms with Gasteiger partial charge in [0.25, 0.3) is 5.91 Å². The van der Waals surface area contributed by atoms with Crippen LogP contribution in [-0.2, 0) is 11.3 Å². The molecule has 0 unspecified atom stereocenters. The lowest BCUT2D eigenvalue weighted by molar-refractivity contribution is -0.137. The van der Waals surface area contributed by atoms with Crippen LogP contribution < -0.4 is 0 Å². The minimum Gasteiger partial charge on any atom is -0.480 e. The van der Waals surface area contributed by atoms with Gasteiger partial charge in [0, 0.05) is 18.8 Å². The number of amides is 1. The zero-order valence-electron chi connectivity index (χ0n) is 10.4. The van der Waals surface area contributed by atoms with Gasteiger partial charge in [0.1, 0.15) is 12.2 Å². The minimum absolute atomic E-state index is 0.0979. The van der Waals surface area contributed by atoms with E-state index < -0.39 is 5.97 Å². The van der Waals surface area contributed by atoms with Crippen LogP contribution in [0.15, 0.2) is 18.3 Å². The molecule has 0 saturated carbocycles. The predicted molar refractivity (Wildman–Crippen MR) is 63.9 cm³/mol. The normalized spacial score (nSPS) is 10.6. The molecule has 5 heteroatoms. The van der Waals surface area contributed by atoms with Crippen molar-refractivity contribution in [2.75, 3.05) is 6.54 Å². The average molecular weight is 238 g/mol. The highest BCUT2D eigenvalue weighted by atomic mass is 16.4. The molecule has 0 saturated heterocycles. The van der Waals surface area contributed by atoms with Gasteiger partial charge >= 0.3 is 5.97 Å². The quantitative estimate of drug-likeness (QED) is 0.844. The maximum absolute atomic E-state index is 12.2. The van der Waals surface area contributed by atoms with Gasteiger partial charge in [-0.2, -0.15) is 0 Å². The van der Waals surface area contributed by atoms with E-state index in [-0.39, 0.29) is 18.5 Å². The highest BCUT2D eigenvalue weighted by Crippen LogP contribution is 2.09. The van der Waals surface area contributed by atoms with Crippen LogP contribution in [0.5, 0.6) is 0 Å². The number of carboxylic acids is 1. The van der Waals surface area contributed by atoms with Crippen LogP contribution in [0.25, 0.3) is 0 Å². The van der Waals surface area contributed by atoms with Gasteiger partial charge < -0.3 is 14.6 Å². The van der Waals surface area contributed by atoms with E-state index in [4.69, 9.17) is 5.11 Å². The summed E-state index contributed by atoms with van der Waals surface area (Å²) in [6.45, 7) is 6.19. The average Bonchev–Trinajstić information content (AvgIpc) is 2.65. The second-order valence-corrected chi connectivity index (χ2v) is 4.10. The number of carbonyl (C=O) groups is 2. The molecule has 0 aliphatic heterocycles. The van der Waals surface area contributed by atoms with Crippen LogP contribution in [0.1, 0.15) is 31.3 Å². The number of carbonyl (C=O) groups excluding carboxylic acids is 1. The van der Waals surface area contributed by atoms with Gasteiger partial charge in [-0.05, 0) is 32.9 Å². The molecule has 5 nitrogen and oxygen atoms in total. The van der Waals surface area contributed by atoms with Gasteiger partial charge in [0.2, 0.25) is 0 Å². The van der Waals surface area contributed by atoms with Gasteiger partial charge in [-0.3, -0.25) is 9.59 Å². The van der Waals surface area contributed by atoms with Gasteiger partial charge in [0.15, 0.2) is 0 Å². The first-order valence-corrected chi connectivity index (χ1v) is 5.65. The summed E-state index contributed by atoms with van der Waals surface area (Å²) in [5.74, 6) is -1.09. The molecule has 1 heterocycles. The molecular weight excluding hydrogens is 220 g/mol. The Morgan fingerprint density at radius 3 is 2.59 bits per heavy atom. The van der Waals surface area contributed by atoms with Crippen LogP contribution in [0.3, 0.4) is 0 Å². The fourth-order valence-corrected chi connectivity index (χ4v) is 1.78. The van der Waals surface area contributed by atoms with E-state index in [2.05, 4.69) is 0 Å². The van der Waals surface area contributed by atoms with Gasteiger partial charge in [-0.1, -0.05) is 0 Å². The van der Waals surface area contributed by atoms with E-state index >= 15 is 0 Å². The predicted octanol–water partition coefficient (Wildman–Crippen LogP) is 1.44. The zero-order chi connectivity index (χ0) is 13.0. The fourth-order valence-electron chi connectivity index (χ4n) is 1.78. The summed E-state index contributed by atoms with van der Waals surface area (Å²) in [5.41, 5.74) is 0.419. The molecule has 1 aromatic rings. The van der Waals surface area contributed by atoms with Gasteiger partial charge in [-0.25, -0.2) is 0 Å². The molecule has 0 aliphatic carbocycles. The smallest absolute Gasteiger partial charge is 0.323 e. The maximum atomic E-state index is 12.2. The van der Waals surface area contributed by atoms with E-state index in [0.717, 1.165) is 0 Å². The second-order valence-electron chi connectivity index (χ2n) is 4.10. The Morgan fingerprint density at radius 2 is 2.12 bits per heavy atom. The molecule has 0 atom stereocenters. The molecule has 0 fully saturated rings. The molecule has 17 heavy (non-hydrogen) atoms. The van der Waals surface area contributed by atoms with Gasteiger partial charge in [-0.15, -0.1) is 0 Å². The van der Waals surface area contributed by atoms with Crippen molar-refractivity contribution in [3.05, 3.63) is 24.0 Å². The van der Waals surface area contributed by atoms with E-state index in [1.807, 2.05) is 20.8 Å². The Bertz CT molecular complexity index is 410. The van der Waals surface area contributed by atoms with Crippen LogP contribution >= 0.6 is 0 Å². The summed E-state index contributed by atoms with van der Waals surface area (Å²) < 4.78 is 1.45. The van der Waals surface area contributed by atoms with Gasteiger partial charge in [0.05, 0.1) is 0 Å². The second kappa shape index (κ2) is 5.52. The summed E-state index contributed by atoms with van der Waals surface area (Å²) in [7, 11) is 0. The topological polar surface area (TPSA) is 62.5 Å². The largest absolute Gasteiger partial charge is 0.480 e. The molecule has 0 aliphatic rings. The lowest BCUT2D eigenvalue weighted by atomic mass is 10.2. The molecule has 0 spiro atoms. The van der Waals surface area contributed by atoms with Crippen molar-refractivity contribution in [2.24, 2.45) is 0 Å². The fraction of sp³-hybridized carbons (Fsp3) is 0.500. The van der Waals surface area contributed by atoms with E-state index in [9.17, 15) is 9.59 Å². The van der Waals surface area contributed by atoms with Crippen molar-refractivity contribution in [1.82, 2.24) is 9.47 Å². The summed E-state index contributed by atoms with van der Waals surface area (Å²) in [6, 6.07) is 3.43. The SMILES string of the molecule is CCN(C(=O)c1cccn1CC(=O)O)C(C)C. The molecule has 0 bridgehead atoms. The molecule has 1 N–H and O–H groups in total. The first-order chi connectivity index (χ1) is 7.97. The Labute approximate surface area is 101 Å². The number of hydrogen-bond acceptors (Lipinski definition) is 2. The highest BCUT2D eigenvalue weighted by molar-refractivity contribution is 5.93. The van der Waals surface area contributed by atoms with Crippen molar-refractivity contribution >= 4 is 11.9 Å². The third-order valence-corrected chi connectivity index (χ3v) is 2.58. The lowest BCUT2D eigenvalue weighted by Gasteiger charge is -2.25. The van der Waals surface area contributed by atoms with E-state index in [1.165, 1.54) is 4.57 Å². The van der Waals surface area contributed by atoms with Crippen molar-refractivity contribution in [2.45, 2.75) is 33.4 Å². The van der Waals surface area contributed by atoms with Crippen LogP contribution in [0.4, 0.5) is 0 Å². The number of hydrogen-bond donors (Lipinski definition) is 1. The molecule has 1 amide bonds. The van der Waals surface area contributed by atoms with E-state index in [1.54, 1.807) is 23.2 Å². The Kier molecular flexibility index (Phi) is 4.31. The van der Waals surface area contributed by atoms with Crippen molar-refractivity contribution in [1.29, 1.82) is 0 Å². The highest BCUT2D eigenvalue weighted by Gasteiger charge is 2.20. The van der Waals surface area contributed by atoms with Crippen LogP contribution in [-0.4, -0.2) is 39.0 Å². The molecule has 1 aromatic heterocycles. The minimum atomic E-state index is -0.956.